The summed E-state index contributed by atoms with van der Waals surface area (Å²) in [6, 6.07) is 9.66. The van der Waals surface area contributed by atoms with E-state index in [1.807, 2.05) is 6.92 Å². The zero-order valence-corrected chi connectivity index (χ0v) is 16.1. The highest BCUT2D eigenvalue weighted by Gasteiger charge is 2.19. The third kappa shape index (κ3) is 4.39. The Morgan fingerprint density at radius 3 is 2.08 bits per heavy atom. The van der Waals surface area contributed by atoms with Gasteiger partial charge in [0.1, 0.15) is 5.75 Å². The zero-order valence-electron chi connectivity index (χ0n) is 15.2. The number of hydrogen-bond acceptors (Lipinski definition) is 6. The number of sulfonamides is 1. The van der Waals surface area contributed by atoms with E-state index in [9.17, 15) is 8.42 Å². The monoisotopic (exact) mass is 381 g/mol. The molecule has 26 heavy (non-hydrogen) atoms. The van der Waals surface area contributed by atoms with Crippen LogP contribution in [0.1, 0.15) is 12.5 Å². The van der Waals surface area contributed by atoms with Gasteiger partial charge in [0.15, 0.2) is 11.5 Å². The van der Waals surface area contributed by atoms with Crippen LogP contribution < -0.4 is 23.7 Å². The molecule has 0 atom stereocenters. The smallest absolute Gasteiger partial charge is 0.240 e. The van der Waals surface area contributed by atoms with Crippen molar-refractivity contribution in [3.05, 3.63) is 42.0 Å². The molecule has 8 heteroatoms. The van der Waals surface area contributed by atoms with Crippen molar-refractivity contribution in [1.82, 2.24) is 4.72 Å². The predicted molar refractivity (Wildman–Crippen MR) is 97.7 cm³/mol. The van der Waals surface area contributed by atoms with Gasteiger partial charge in [0, 0.05) is 12.1 Å². The first-order valence-electron chi connectivity index (χ1n) is 7.97. The first-order valence-corrected chi connectivity index (χ1v) is 9.45. The lowest BCUT2D eigenvalue weighted by Crippen LogP contribution is -2.23. The molecule has 0 amide bonds. The van der Waals surface area contributed by atoms with Crippen LogP contribution in [0.3, 0.4) is 0 Å². The summed E-state index contributed by atoms with van der Waals surface area (Å²) >= 11 is 0. The van der Waals surface area contributed by atoms with Gasteiger partial charge in [-0.1, -0.05) is 6.07 Å². The molecule has 7 nitrogen and oxygen atoms in total. The highest BCUT2D eigenvalue weighted by atomic mass is 32.2. The van der Waals surface area contributed by atoms with Crippen molar-refractivity contribution in [2.45, 2.75) is 18.4 Å². The van der Waals surface area contributed by atoms with Crippen LogP contribution in [0.2, 0.25) is 0 Å². The Balaban J connectivity index is 2.21. The molecule has 0 aliphatic rings. The Morgan fingerprint density at radius 2 is 1.54 bits per heavy atom. The highest BCUT2D eigenvalue weighted by Crippen LogP contribution is 2.39. The second-order valence-corrected chi connectivity index (χ2v) is 6.99. The minimum absolute atomic E-state index is 0.0407. The summed E-state index contributed by atoms with van der Waals surface area (Å²) in [6.45, 7) is 2.42. The Labute approximate surface area is 153 Å². The summed E-state index contributed by atoms with van der Waals surface area (Å²) < 4.78 is 48.8. The van der Waals surface area contributed by atoms with E-state index in [4.69, 9.17) is 18.9 Å². The van der Waals surface area contributed by atoms with Crippen LogP contribution in [-0.4, -0.2) is 36.4 Å². The average molecular weight is 381 g/mol. The number of rotatable bonds is 9. The second kappa shape index (κ2) is 8.77. The third-order valence-corrected chi connectivity index (χ3v) is 5.10. The average Bonchev–Trinajstić information content (AvgIpc) is 2.66. The van der Waals surface area contributed by atoms with Crippen molar-refractivity contribution in [1.29, 1.82) is 0 Å². The van der Waals surface area contributed by atoms with Gasteiger partial charge < -0.3 is 18.9 Å². The molecule has 0 heterocycles. The van der Waals surface area contributed by atoms with Gasteiger partial charge in [-0.15, -0.1) is 0 Å². The number of benzene rings is 2. The van der Waals surface area contributed by atoms with Crippen molar-refractivity contribution in [3.63, 3.8) is 0 Å². The summed E-state index contributed by atoms with van der Waals surface area (Å²) in [6.07, 6.45) is 0. The molecule has 0 aliphatic carbocycles. The van der Waals surface area contributed by atoms with E-state index >= 15 is 0 Å². The highest BCUT2D eigenvalue weighted by molar-refractivity contribution is 7.89. The largest absolute Gasteiger partial charge is 0.494 e. The second-order valence-electron chi connectivity index (χ2n) is 5.22. The van der Waals surface area contributed by atoms with Crippen LogP contribution in [0, 0.1) is 0 Å². The Kier molecular flexibility index (Phi) is 6.70. The molecule has 2 rings (SSSR count). The van der Waals surface area contributed by atoms with E-state index in [0.717, 1.165) is 0 Å². The number of ether oxygens (including phenoxy) is 4. The molecule has 0 aromatic heterocycles. The van der Waals surface area contributed by atoms with Crippen LogP contribution in [0.4, 0.5) is 0 Å². The van der Waals surface area contributed by atoms with Crippen molar-refractivity contribution in [2.75, 3.05) is 27.9 Å². The summed E-state index contributed by atoms with van der Waals surface area (Å²) in [7, 11) is 0.818. The standard InChI is InChI=1S/C18H23NO6S/c1-5-25-14-7-9-15(10-8-14)26(20,21)19-12-13-6-11-16(22-2)18(24-4)17(13)23-3/h6-11,19H,5,12H2,1-4H3. The minimum atomic E-state index is -3.68. The molecule has 0 bridgehead atoms. The van der Waals surface area contributed by atoms with Crippen LogP contribution in [0.25, 0.3) is 0 Å². The molecule has 1 N–H and O–H groups in total. The van der Waals surface area contributed by atoms with Gasteiger partial charge in [-0.3, -0.25) is 0 Å². The maximum Gasteiger partial charge on any atom is 0.240 e. The van der Waals surface area contributed by atoms with Gasteiger partial charge in [0.25, 0.3) is 0 Å². The Hall–Kier alpha value is -2.45. The fourth-order valence-corrected chi connectivity index (χ4v) is 3.45. The van der Waals surface area contributed by atoms with E-state index in [1.165, 1.54) is 33.5 Å². The van der Waals surface area contributed by atoms with Crippen LogP contribution >= 0.6 is 0 Å². The Bertz CT molecular complexity index is 834. The molecule has 0 radical (unpaired) electrons. The van der Waals surface area contributed by atoms with E-state index < -0.39 is 10.0 Å². The molecule has 142 valence electrons. The number of methoxy groups -OCH3 is 3. The molecule has 0 fully saturated rings. The van der Waals surface area contributed by atoms with Crippen LogP contribution in [0.5, 0.6) is 23.0 Å². The van der Waals surface area contributed by atoms with Gasteiger partial charge in [0.05, 0.1) is 32.8 Å². The topological polar surface area (TPSA) is 83.1 Å². The number of nitrogens with one attached hydrogen (secondary N) is 1. The van der Waals surface area contributed by atoms with Gasteiger partial charge >= 0.3 is 0 Å². The normalized spacial score (nSPS) is 11.1. The first kappa shape index (κ1) is 19.9. The first-order chi connectivity index (χ1) is 12.5. The lowest BCUT2D eigenvalue weighted by atomic mass is 10.1. The van der Waals surface area contributed by atoms with Crippen LogP contribution in [0.15, 0.2) is 41.3 Å². The lowest BCUT2D eigenvalue weighted by Gasteiger charge is -2.16. The van der Waals surface area contributed by atoms with Crippen molar-refractivity contribution in [2.24, 2.45) is 0 Å². The number of hydrogen-bond donors (Lipinski definition) is 1. The van der Waals surface area contributed by atoms with E-state index in [1.54, 1.807) is 24.3 Å². The molecular weight excluding hydrogens is 358 g/mol. The molecule has 0 saturated carbocycles. The van der Waals surface area contributed by atoms with Crippen molar-refractivity contribution < 1.29 is 27.4 Å². The molecular formula is C18H23NO6S. The van der Waals surface area contributed by atoms with E-state index in [0.29, 0.717) is 35.2 Å². The lowest BCUT2D eigenvalue weighted by molar-refractivity contribution is 0.322. The Morgan fingerprint density at radius 1 is 0.885 bits per heavy atom. The third-order valence-electron chi connectivity index (χ3n) is 3.68. The van der Waals surface area contributed by atoms with Crippen molar-refractivity contribution in [3.8, 4) is 23.0 Å². The van der Waals surface area contributed by atoms with E-state index in [2.05, 4.69) is 4.72 Å². The summed E-state index contributed by atoms with van der Waals surface area (Å²) in [5.41, 5.74) is 0.625. The maximum atomic E-state index is 12.5. The minimum Gasteiger partial charge on any atom is -0.494 e. The molecule has 0 aliphatic heterocycles. The molecule has 2 aromatic rings. The van der Waals surface area contributed by atoms with Gasteiger partial charge in [0.2, 0.25) is 15.8 Å². The molecule has 2 aromatic carbocycles. The summed E-state index contributed by atoms with van der Waals surface area (Å²) in [5.74, 6) is 1.95. The van der Waals surface area contributed by atoms with E-state index in [-0.39, 0.29) is 11.4 Å². The van der Waals surface area contributed by atoms with Gasteiger partial charge in [-0.05, 0) is 37.3 Å². The zero-order chi connectivity index (χ0) is 19.2. The predicted octanol–water partition coefficient (Wildman–Crippen LogP) is 2.59. The molecule has 0 unspecified atom stereocenters. The fourth-order valence-electron chi connectivity index (χ4n) is 2.44. The molecule has 0 spiro atoms. The van der Waals surface area contributed by atoms with Crippen LogP contribution in [-0.2, 0) is 16.6 Å². The van der Waals surface area contributed by atoms with Gasteiger partial charge in [-0.25, -0.2) is 13.1 Å². The fraction of sp³-hybridized carbons (Fsp3) is 0.333. The summed E-state index contributed by atoms with van der Waals surface area (Å²) in [5, 5.41) is 0. The molecule has 0 saturated heterocycles. The van der Waals surface area contributed by atoms with Gasteiger partial charge in [-0.2, -0.15) is 0 Å². The van der Waals surface area contributed by atoms with Crippen molar-refractivity contribution >= 4 is 10.0 Å². The quantitative estimate of drug-likeness (QED) is 0.719. The maximum absolute atomic E-state index is 12.5. The SMILES string of the molecule is CCOc1ccc(S(=O)(=O)NCc2ccc(OC)c(OC)c2OC)cc1. The summed E-state index contributed by atoms with van der Waals surface area (Å²) in [4.78, 5) is 0.153.